The van der Waals surface area contributed by atoms with E-state index < -0.39 is 11.5 Å². The van der Waals surface area contributed by atoms with Gasteiger partial charge in [-0.3, -0.25) is 4.79 Å². The number of carboxylic acid groups (broad SMARTS) is 1. The number of rotatable bonds is 5. The minimum Gasteiger partial charge on any atom is -0.537 e. The Morgan fingerprint density at radius 1 is 1.65 bits per heavy atom. The molecule has 0 aromatic heterocycles. The van der Waals surface area contributed by atoms with Gasteiger partial charge in [-0.25, -0.2) is 0 Å². The number of hydrogen-bond donors (Lipinski definition) is 3. The molecule has 0 heterocycles. The zero-order chi connectivity index (χ0) is 13.1. The van der Waals surface area contributed by atoms with Crippen molar-refractivity contribution in [3.05, 3.63) is 28.8 Å². The Labute approximate surface area is 104 Å². The molecule has 0 saturated heterocycles. The lowest BCUT2D eigenvalue weighted by Gasteiger charge is -2.20. The van der Waals surface area contributed by atoms with E-state index in [1.807, 2.05) is 0 Å². The average molecular weight is 256 g/mol. The van der Waals surface area contributed by atoms with Crippen LogP contribution in [-0.2, 0) is 11.2 Å². The van der Waals surface area contributed by atoms with Gasteiger partial charge in [-0.15, -0.1) is 0 Å². The van der Waals surface area contributed by atoms with E-state index in [1.165, 1.54) is 13.0 Å². The Hall–Kier alpha value is -1.24. The summed E-state index contributed by atoms with van der Waals surface area (Å²) in [6.07, 6.45) is 0.101. The van der Waals surface area contributed by atoms with Crippen LogP contribution in [0.4, 0.5) is 0 Å². The van der Waals surface area contributed by atoms with Gasteiger partial charge in [0.2, 0.25) is 0 Å². The summed E-state index contributed by atoms with van der Waals surface area (Å²) in [4.78, 5) is 10.9. The van der Waals surface area contributed by atoms with E-state index in [4.69, 9.17) is 32.1 Å². The number of carbonyl (C=O) groups is 1. The molecule has 1 radical (unpaired) electrons. The summed E-state index contributed by atoms with van der Waals surface area (Å²) in [5.74, 6) is -0.743. The van der Waals surface area contributed by atoms with E-state index in [0.717, 1.165) is 0 Å². The molecule has 4 N–H and O–H groups in total. The van der Waals surface area contributed by atoms with Crippen LogP contribution < -0.4 is 10.4 Å². The molecule has 17 heavy (non-hydrogen) atoms. The molecule has 0 unspecified atom stereocenters. The Bertz CT molecular complexity index is 425. The van der Waals surface area contributed by atoms with Crippen LogP contribution in [0.3, 0.4) is 0 Å². The molecule has 0 amide bonds. The number of halogens is 1. The van der Waals surface area contributed by atoms with E-state index >= 15 is 0 Å². The molecule has 0 spiro atoms. The first-order valence-electron chi connectivity index (χ1n) is 4.80. The van der Waals surface area contributed by atoms with Crippen molar-refractivity contribution in [1.82, 2.24) is 0 Å². The summed E-state index contributed by atoms with van der Waals surface area (Å²) in [6, 6.07) is 4.64. The van der Waals surface area contributed by atoms with Crippen LogP contribution in [-0.4, -0.2) is 29.3 Å². The van der Waals surface area contributed by atoms with Crippen molar-refractivity contribution in [2.75, 3.05) is 0 Å². The minimum atomic E-state index is -1.38. The first-order valence-corrected chi connectivity index (χ1v) is 5.18. The maximum absolute atomic E-state index is 10.9. The summed E-state index contributed by atoms with van der Waals surface area (Å²) in [7, 11) is 0.537. The van der Waals surface area contributed by atoms with E-state index in [9.17, 15) is 4.79 Å². The summed E-state index contributed by atoms with van der Waals surface area (Å²) < 4.78 is 4.72. The molecule has 0 aliphatic heterocycles. The summed E-state index contributed by atoms with van der Waals surface area (Å²) in [5, 5.41) is 17.7. The Kier molecular flexibility index (Phi) is 4.39. The second-order valence-electron chi connectivity index (χ2n) is 3.88. The van der Waals surface area contributed by atoms with Gasteiger partial charge in [0.05, 0.1) is 0 Å². The second kappa shape index (κ2) is 5.40. The number of aliphatic carboxylic acids is 1. The Morgan fingerprint density at radius 2 is 2.29 bits per heavy atom. The normalized spacial score (nSPS) is 13.9. The van der Waals surface area contributed by atoms with Gasteiger partial charge in [0.25, 0.3) is 0 Å². The predicted octanol–water partition coefficient (Wildman–Crippen LogP) is 0.590. The summed E-state index contributed by atoms with van der Waals surface area (Å²) >= 11 is 5.95. The molecule has 0 aliphatic rings. The van der Waals surface area contributed by atoms with E-state index in [0.29, 0.717) is 24.0 Å². The van der Waals surface area contributed by atoms with Crippen LogP contribution in [0.2, 0.25) is 5.02 Å². The molecule has 5 nitrogen and oxygen atoms in total. The molecule has 7 heteroatoms. The molecule has 0 bridgehead atoms. The van der Waals surface area contributed by atoms with Crippen molar-refractivity contribution in [3.8, 4) is 5.75 Å². The molecule has 0 saturated carbocycles. The fraction of sp³-hybridized carbons (Fsp3) is 0.300. The van der Waals surface area contributed by atoms with E-state index in [1.54, 1.807) is 12.1 Å². The zero-order valence-electron chi connectivity index (χ0n) is 9.18. The Balaban J connectivity index is 2.90. The molecule has 91 valence electrons. The second-order valence-corrected chi connectivity index (χ2v) is 4.28. The predicted molar refractivity (Wildman–Crippen MR) is 64.0 cm³/mol. The van der Waals surface area contributed by atoms with Crippen LogP contribution in [0.1, 0.15) is 12.5 Å². The maximum atomic E-state index is 10.9. The van der Waals surface area contributed by atoms with Crippen LogP contribution >= 0.6 is 11.6 Å². The molecule has 0 fully saturated rings. The number of benzene rings is 1. The molecule has 0 aliphatic carbocycles. The number of hydrogen-bond acceptors (Lipinski definition) is 4. The molecule has 1 rings (SSSR count). The first-order chi connectivity index (χ1) is 7.86. The minimum absolute atomic E-state index is 0.101. The molecule has 1 atom stereocenters. The smallest absolute Gasteiger partial charge is 0.537 e. The monoisotopic (exact) mass is 256 g/mol. The number of nitrogens with two attached hydrogens (primary N) is 1. The van der Waals surface area contributed by atoms with Gasteiger partial charge in [-0.05, 0) is 24.6 Å². The highest BCUT2D eigenvalue weighted by molar-refractivity contribution is 6.31. The van der Waals surface area contributed by atoms with E-state index in [2.05, 4.69) is 0 Å². The summed E-state index contributed by atoms with van der Waals surface area (Å²) in [6.45, 7) is 1.41. The van der Waals surface area contributed by atoms with Crippen molar-refractivity contribution in [2.45, 2.75) is 18.9 Å². The zero-order valence-corrected chi connectivity index (χ0v) is 9.94. The van der Waals surface area contributed by atoms with Crippen LogP contribution in [0.15, 0.2) is 18.2 Å². The fourth-order valence-electron chi connectivity index (χ4n) is 1.28. The van der Waals surface area contributed by atoms with Crippen molar-refractivity contribution in [3.63, 3.8) is 0 Å². The maximum Gasteiger partial charge on any atom is 0.569 e. The average Bonchev–Trinajstić information content (AvgIpc) is 2.22. The van der Waals surface area contributed by atoms with Gasteiger partial charge in [0.1, 0.15) is 11.3 Å². The standard InChI is InChI=1S/C10H12BClNO4/c1-10(13,9(14)15)5-6-2-3-7(17-11-16)4-8(6)12/h2-4,16H,5,13H2,1H3,(H,14,15)/t10-/m0/s1. The highest BCUT2D eigenvalue weighted by atomic mass is 35.5. The lowest BCUT2D eigenvalue weighted by atomic mass is 9.94. The molecular formula is C10H12BClNO4. The van der Waals surface area contributed by atoms with Crippen LogP contribution in [0.5, 0.6) is 5.75 Å². The van der Waals surface area contributed by atoms with Crippen molar-refractivity contribution < 1.29 is 19.6 Å². The quantitative estimate of drug-likeness (QED) is 0.671. The van der Waals surface area contributed by atoms with Gasteiger partial charge in [0.15, 0.2) is 0 Å². The van der Waals surface area contributed by atoms with Gasteiger partial charge in [-0.1, -0.05) is 17.7 Å². The third kappa shape index (κ3) is 3.62. The highest BCUT2D eigenvalue weighted by Gasteiger charge is 2.28. The van der Waals surface area contributed by atoms with Crippen molar-refractivity contribution >= 4 is 25.3 Å². The van der Waals surface area contributed by atoms with Crippen LogP contribution in [0, 0.1) is 0 Å². The van der Waals surface area contributed by atoms with Crippen LogP contribution in [0.25, 0.3) is 0 Å². The van der Waals surface area contributed by atoms with Crippen molar-refractivity contribution in [1.29, 1.82) is 0 Å². The fourth-order valence-corrected chi connectivity index (χ4v) is 1.51. The first kappa shape index (κ1) is 13.8. The van der Waals surface area contributed by atoms with Crippen molar-refractivity contribution in [2.24, 2.45) is 5.73 Å². The van der Waals surface area contributed by atoms with Gasteiger partial charge < -0.3 is 20.5 Å². The molecule has 1 aromatic rings. The topological polar surface area (TPSA) is 92.8 Å². The molecular weight excluding hydrogens is 244 g/mol. The SMILES string of the molecule is C[C@](N)(Cc1ccc(O[B]O)cc1Cl)C(=O)O. The molecule has 1 aromatic carbocycles. The van der Waals surface area contributed by atoms with E-state index in [-0.39, 0.29) is 6.42 Å². The third-order valence-electron chi connectivity index (χ3n) is 2.26. The number of carboxylic acids is 1. The van der Waals surface area contributed by atoms with Gasteiger partial charge in [0, 0.05) is 11.4 Å². The lowest BCUT2D eigenvalue weighted by molar-refractivity contribution is -0.142. The van der Waals surface area contributed by atoms with Gasteiger partial charge in [-0.2, -0.15) is 0 Å². The highest BCUT2D eigenvalue weighted by Crippen LogP contribution is 2.25. The van der Waals surface area contributed by atoms with Gasteiger partial charge >= 0.3 is 13.7 Å². The Morgan fingerprint density at radius 3 is 2.76 bits per heavy atom. The summed E-state index contributed by atoms with van der Waals surface area (Å²) in [5.41, 5.74) is 4.84. The largest absolute Gasteiger partial charge is 0.569 e. The third-order valence-corrected chi connectivity index (χ3v) is 2.61. The lowest BCUT2D eigenvalue weighted by Crippen LogP contribution is -2.46.